The second-order valence-electron chi connectivity index (χ2n) is 5.23. The number of benzene rings is 1. The van der Waals surface area contributed by atoms with Crippen molar-refractivity contribution in [2.24, 2.45) is 0 Å². The number of carbonyl (C=O) groups is 1. The number of nitrogens with zero attached hydrogens (tertiary/aromatic N) is 2. The van der Waals surface area contributed by atoms with Gasteiger partial charge in [0.05, 0.1) is 5.25 Å². The van der Waals surface area contributed by atoms with Gasteiger partial charge in [0, 0.05) is 29.5 Å². The summed E-state index contributed by atoms with van der Waals surface area (Å²) in [7, 11) is 0. The molecule has 0 radical (unpaired) electrons. The Hall–Kier alpha value is -1.26. The van der Waals surface area contributed by atoms with Crippen LogP contribution in [0.3, 0.4) is 0 Å². The first-order valence-corrected chi connectivity index (χ1v) is 8.48. The number of ketones is 1. The van der Waals surface area contributed by atoms with E-state index < -0.39 is 0 Å². The Labute approximate surface area is 133 Å². The largest absolute Gasteiger partial charge is 0.298 e. The SMILES string of the molecule is O=C1CCCCC[C@@H]1Sc1nccn1-c1ccc(Cl)cc1. The number of Topliss-reactive ketones (excluding diaryl/α,β-unsaturated/α-hetero) is 1. The molecule has 110 valence electrons. The second-order valence-corrected chi connectivity index (χ2v) is 6.83. The summed E-state index contributed by atoms with van der Waals surface area (Å²) in [6, 6.07) is 7.65. The molecule has 0 amide bonds. The van der Waals surface area contributed by atoms with E-state index in [-0.39, 0.29) is 5.25 Å². The molecule has 3 rings (SSSR count). The summed E-state index contributed by atoms with van der Waals surface area (Å²) in [6.07, 6.45) is 8.68. The predicted molar refractivity (Wildman–Crippen MR) is 86.3 cm³/mol. The fourth-order valence-electron chi connectivity index (χ4n) is 2.55. The Morgan fingerprint density at radius 1 is 1.19 bits per heavy atom. The van der Waals surface area contributed by atoms with Crippen molar-refractivity contribution in [3.63, 3.8) is 0 Å². The van der Waals surface area contributed by atoms with E-state index in [9.17, 15) is 4.79 Å². The Kier molecular flexibility index (Phi) is 4.66. The molecule has 0 aliphatic heterocycles. The van der Waals surface area contributed by atoms with Gasteiger partial charge < -0.3 is 0 Å². The van der Waals surface area contributed by atoms with E-state index in [2.05, 4.69) is 4.98 Å². The van der Waals surface area contributed by atoms with Crippen LogP contribution in [0.15, 0.2) is 41.8 Å². The van der Waals surface area contributed by atoms with Crippen molar-refractivity contribution >= 4 is 29.1 Å². The van der Waals surface area contributed by atoms with Gasteiger partial charge in [-0.05, 0) is 37.1 Å². The van der Waals surface area contributed by atoms with Gasteiger partial charge in [0.25, 0.3) is 0 Å². The average Bonchev–Trinajstić information content (AvgIpc) is 2.85. The molecule has 21 heavy (non-hydrogen) atoms. The van der Waals surface area contributed by atoms with Gasteiger partial charge in [-0.1, -0.05) is 36.2 Å². The lowest BCUT2D eigenvalue weighted by Gasteiger charge is -2.13. The second kappa shape index (κ2) is 6.67. The number of halogens is 1. The fraction of sp³-hybridized carbons (Fsp3) is 0.375. The molecule has 0 bridgehead atoms. The third kappa shape index (κ3) is 3.50. The van der Waals surface area contributed by atoms with Gasteiger partial charge in [-0.2, -0.15) is 0 Å². The Morgan fingerprint density at radius 3 is 2.81 bits per heavy atom. The molecule has 1 aliphatic rings. The molecule has 0 N–H and O–H groups in total. The maximum atomic E-state index is 12.2. The molecule has 1 fully saturated rings. The molecule has 1 aliphatic carbocycles. The summed E-state index contributed by atoms with van der Waals surface area (Å²) in [5, 5.41) is 1.63. The highest BCUT2D eigenvalue weighted by Gasteiger charge is 2.23. The van der Waals surface area contributed by atoms with Crippen LogP contribution in [0.2, 0.25) is 5.02 Å². The van der Waals surface area contributed by atoms with E-state index in [1.165, 1.54) is 0 Å². The van der Waals surface area contributed by atoms with Crippen molar-refractivity contribution < 1.29 is 4.79 Å². The van der Waals surface area contributed by atoms with Gasteiger partial charge in [-0.3, -0.25) is 9.36 Å². The molecule has 1 aromatic heterocycles. The van der Waals surface area contributed by atoms with Crippen LogP contribution in [0.1, 0.15) is 32.1 Å². The molecule has 1 aromatic carbocycles. The highest BCUT2D eigenvalue weighted by molar-refractivity contribution is 8.00. The number of imidazole rings is 1. The quantitative estimate of drug-likeness (QED) is 0.780. The van der Waals surface area contributed by atoms with Gasteiger partial charge in [-0.25, -0.2) is 4.98 Å². The Bertz CT molecular complexity index is 623. The van der Waals surface area contributed by atoms with Crippen LogP contribution in [-0.2, 0) is 4.79 Å². The minimum absolute atomic E-state index is 0.0425. The van der Waals surface area contributed by atoms with Crippen molar-refractivity contribution in [2.45, 2.75) is 42.5 Å². The zero-order valence-electron chi connectivity index (χ0n) is 11.7. The summed E-state index contributed by atoms with van der Waals surface area (Å²) in [5.41, 5.74) is 1.01. The minimum Gasteiger partial charge on any atom is -0.298 e. The number of rotatable bonds is 3. The summed E-state index contributed by atoms with van der Waals surface area (Å²) in [6.45, 7) is 0. The number of aromatic nitrogens is 2. The van der Waals surface area contributed by atoms with E-state index in [4.69, 9.17) is 11.6 Å². The van der Waals surface area contributed by atoms with Gasteiger partial charge >= 0.3 is 0 Å². The summed E-state index contributed by atoms with van der Waals surface area (Å²) >= 11 is 7.52. The zero-order chi connectivity index (χ0) is 14.7. The van der Waals surface area contributed by atoms with Crippen molar-refractivity contribution in [2.75, 3.05) is 0 Å². The van der Waals surface area contributed by atoms with Crippen LogP contribution >= 0.6 is 23.4 Å². The molecule has 0 spiro atoms. The standard InChI is InChI=1S/C16H17ClN2OS/c17-12-6-8-13(9-7-12)19-11-10-18-16(19)21-15-5-3-1-2-4-14(15)20/h6-11,15H,1-5H2/t15-/m0/s1. The predicted octanol–water partition coefficient (Wildman–Crippen LogP) is 4.52. The molecule has 1 saturated carbocycles. The van der Waals surface area contributed by atoms with Crippen LogP contribution in [-0.4, -0.2) is 20.6 Å². The highest BCUT2D eigenvalue weighted by atomic mass is 35.5. The Balaban J connectivity index is 1.82. The van der Waals surface area contributed by atoms with Gasteiger partial charge in [0.2, 0.25) is 0 Å². The zero-order valence-corrected chi connectivity index (χ0v) is 13.2. The number of carbonyl (C=O) groups excluding carboxylic acids is 1. The molecular weight excluding hydrogens is 304 g/mol. The van der Waals surface area contributed by atoms with Crippen molar-refractivity contribution in [3.8, 4) is 5.69 Å². The average molecular weight is 321 g/mol. The lowest BCUT2D eigenvalue weighted by molar-refractivity contribution is -0.118. The normalized spacial score (nSPS) is 19.5. The van der Waals surface area contributed by atoms with Gasteiger partial charge in [0.15, 0.2) is 5.16 Å². The molecule has 3 nitrogen and oxygen atoms in total. The molecule has 0 saturated heterocycles. The molecule has 2 aromatic rings. The van der Waals surface area contributed by atoms with Crippen molar-refractivity contribution in [1.82, 2.24) is 9.55 Å². The van der Waals surface area contributed by atoms with Crippen LogP contribution in [0.25, 0.3) is 5.69 Å². The maximum absolute atomic E-state index is 12.2. The maximum Gasteiger partial charge on any atom is 0.173 e. The topological polar surface area (TPSA) is 34.9 Å². The third-order valence-electron chi connectivity index (χ3n) is 3.71. The van der Waals surface area contributed by atoms with E-state index in [0.717, 1.165) is 36.5 Å². The van der Waals surface area contributed by atoms with Crippen molar-refractivity contribution in [3.05, 3.63) is 41.7 Å². The lowest BCUT2D eigenvalue weighted by Crippen LogP contribution is -2.15. The number of hydrogen-bond acceptors (Lipinski definition) is 3. The van der Waals surface area contributed by atoms with Crippen LogP contribution in [0.5, 0.6) is 0 Å². The Morgan fingerprint density at radius 2 is 2.00 bits per heavy atom. The summed E-state index contributed by atoms with van der Waals surface area (Å²) in [4.78, 5) is 16.6. The van der Waals surface area contributed by atoms with E-state index in [1.54, 1.807) is 18.0 Å². The summed E-state index contributed by atoms with van der Waals surface area (Å²) < 4.78 is 2.01. The fourth-order valence-corrected chi connectivity index (χ4v) is 3.87. The van der Waals surface area contributed by atoms with E-state index >= 15 is 0 Å². The molecule has 1 heterocycles. The van der Waals surface area contributed by atoms with Crippen LogP contribution < -0.4 is 0 Å². The third-order valence-corrected chi connectivity index (χ3v) is 5.26. The molecule has 0 unspecified atom stereocenters. The number of hydrogen-bond donors (Lipinski definition) is 0. The molecular formula is C16H17ClN2OS. The van der Waals surface area contributed by atoms with Gasteiger partial charge in [-0.15, -0.1) is 0 Å². The molecule has 5 heteroatoms. The first kappa shape index (κ1) is 14.7. The summed E-state index contributed by atoms with van der Waals surface area (Å²) in [5.74, 6) is 0.364. The first-order valence-electron chi connectivity index (χ1n) is 7.23. The first-order chi connectivity index (χ1) is 10.2. The van der Waals surface area contributed by atoms with Crippen molar-refractivity contribution in [1.29, 1.82) is 0 Å². The monoisotopic (exact) mass is 320 g/mol. The number of thioether (sulfide) groups is 1. The van der Waals surface area contributed by atoms with E-state index in [1.807, 2.05) is 35.0 Å². The van der Waals surface area contributed by atoms with E-state index in [0.29, 0.717) is 17.2 Å². The van der Waals surface area contributed by atoms with Crippen LogP contribution in [0.4, 0.5) is 0 Å². The van der Waals surface area contributed by atoms with Gasteiger partial charge in [0.1, 0.15) is 5.78 Å². The molecule has 1 atom stereocenters. The van der Waals surface area contributed by atoms with Crippen LogP contribution in [0, 0.1) is 0 Å². The minimum atomic E-state index is 0.0425. The lowest BCUT2D eigenvalue weighted by atomic mass is 10.2. The smallest absolute Gasteiger partial charge is 0.173 e. The highest BCUT2D eigenvalue weighted by Crippen LogP contribution is 2.31.